The van der Waals surface area contributed by atoms with Crippen molar-refractivity contribution in [1.29, 1.82) is 0 Å². The molecule has 1 saturated heterocycles. The summed E-state index contributed by atoms with van der Waals surface area (Å²) >= 11 is 0. The molecule has 0 aliphatic carbocycles. The van der Waals surface area contributed by atoms with E-state index in [-0.39, 0.29) is 5.92 Å². The third-order valence-electron chi connectivity index (χ3n) is 4.32. The Kier molecular flexibility index (Phi) is 4.94. The van der Waals surface area contributed by atoms with Gasteiger partial charge in [-0.25, -0.2) is 0 Å². The summed E-state index contributed by atoms with van der Waals surface area (Å²) in [4.78, 5) is 18.4. The second kappa shape index (κ2) is 6.69. The van der Waals surface area contributed by atoms with Gasteiger partial charge in [0.2, 0.25) is 5.91 Å². The monoisotopic (exact) mass is 260 g/mol. The molecule has 3 nitrogen and oxygen atoms in total. The van der Waals surface area contributed by atoms with Crippen LogP contribution in [0.1, 0.15) is 51.0 Å². The number of hydrogen-bond acceptors (Lipinski definition) is 2. The fraction of sp³-hybridized carbons (Fsp3) is 0.625. The van der Waals surface area contributed by atoms with Crippen molar-refractivity contribution in [3.63, 3.8) is 0 Å². The van der Waals surface area contributed by atoms with Crippen LogP contribution in [0.4, 0.5) is 0 Å². The molecule has 3 heteroatoms. The van der Waals surface area contributed by atoms with Crippen molar-refractivity contribution in [2.24, 2.45) is 5.92 Å². The Morgan fingerprint density at radius 3 is 2.37 bits per heavy atom. The fourth-order valence-corrected chi connectivity index (χ4v) is 2.96. The third-order valence-corrected chi connectivity index (χ3v) is 4.32. The first-order valence-corrected chi connectivity index (χ1v) is 7.45. The molecule has 1 fully saturated rings. The van der Waals surface area contributed by atoms with E-state index in [0.29, 0.717) is 11.8 Å². The maximum atomic E-state index is 12.3. The Hall–Kier alpha value is -1.38. The van der Waals surface area contributed by atoms with Gasteiger partial charge in [-0.15, -0.1) is 0 Å². The number of carbonyl (C=O) groups is 1. The molecule has 0 atom stereocenters. The van der Waals surface area contributed by atoms with Crippen LogP contribution in [0.2, 0.25) is 0 Å². The molecule has 104 valence electrons. The fourth-order valence-electron chi connectivity index (χ4n) is 2.96. The first-order valence-electron chi connectivity index (χ1n) is 7.45. The zero-order chi connectivity index (χ0) is 13.7. The van der Waals surface area contributed by atoms with Gasteiger partial charge in [-0.3, -0.25) is 9.78 Å². The van der Waals surface area contributed by atoms with Crippen molar-refractivity contribution < 1.29 is 4.79 Å². The summed E-state index contributed by atoms with van der Waals surface area (Å²) in [7, 11) is 0. The van der Waals surface area contributed by atoms with Crippen LogP contribution in [-0.4, -0.2) is 28.9 Å². The molecular formula is C16H24N2O. The van der Waals surface area contributed by atoms with Gasteiger partial charge in [0.1, 0.15) is 0 Å². The molecule has 0 radical (unpaired) electrons. The van der Waals surface area contributed by atoms with Crippen molar-refractivity contribution >= 4 is 5.91 Å². The lowest BCUT2D eigenvalue weighted by Crippen LogP contribution is -2.41. The predicted octanol–water partition coefficient (Wildman–Crippen LogP) is 3.22. The number of nitrogens with zero attached hydrogens (tertiary/aromatic N) is 2. The maximum Gasteiger partial charge on any atom is 0.225 e. The van der Waals surface area contributed by atoms with E-state index in [4.69, 9.17) is 0 Å². The molecule has 0 bridgehead atoms. The average molecular weight is 260 g/mol. The van der Waals surface area contributed by atoms with E-state index >= 15 is 0 Å². The molecule has 0 unspecified atom stereocenters. The highest BCUT2D eigenvalue weighted by molar-refractivity contribution is 5.78. The zero-order valence-corrected chi connectivity index (χ0v) is 12.0. The molecule has 1 aromatic heterocycles. The second-order valence-corrected chi connectivity index (χ2v) is 5.39. The quantitative estimate of drug-likeness (QED) is 0.832. The molecule has 0 spiro atoms. The maximum absolute atomic E-state index is 12.3. The highest BCUT2D eigenvalue weighted by atomic mass is 16.2. The summed E-state index contributed by atoms with van der Waals surface area (Å²) in [5, 5.41) is 0. The number of pyridine rings is 1. The minimum absolute atomic E-state index is 0.220. The molecule has 1 aliphatic rings. The van der Waals surface area contributed by atoms with Gasteiger partial charge >= 0.3 is 0 Å². The van der Waals surface area contributed by atoms with Crippen LogP contribution in [0.25, 0.3) is 0 Å². The zero-order valence-electron chi connectivity index (χ0n) is 12.0. The summed E-state index contributed by atoms with van der Waals surface area (Å²) in [5.74, 6) is 1.17. The average Bonchev–Trinajstić information content (AvgIpc) is 2.49. The molecule has 1 aromatic rings. The number of piperidine rings is 1. The Morgan fingerprint density at radius 1 is 1.26 bits per heavy atom. The molecule has 1 aliphatic heterocycles. The van der Waals surface area contributed by atoms with Crippen molar-refractivity contribution in [3.05, 3.63) is 30.1 Å². The highest BCUT2D eigenvalue weighted by Crippen LogP contribution is 2.28. The Balaban J connectivity index is 1.91. The minimum Gasteiger partial charge on any atom is -0.342 e. The lowest BCUT2D eigenvalue weighted by atomic mass is 9.89. The van der Waals surface area contributed by atoms with Crippen LogP contribution >= 0.6 is 0 Å². The van der Waals surface area contributed by atoms with Gasteiger partial charge in [0.15, 0.2) is 0 Å². The van der Waals surface area contributed by atoms with E-state index in [2.05, 4.69) is 35.9 Å². The summed E-state index contributed by atoms with van der Waals surface area (Å²) in [6.07, 6.45) is 7.79. The predicted molar refractivity (Wildman–Crippen MR) is 76.9 cm³/mol. The van der Waals surface area contributed by atoms with E-state index in [1.165, 1.54) is 5.56 Å². The van der Waals surface area contributed by atoms with Gasteiger partial charge in [-0.05, 0) is 49.3 Å². The van der Waals surface area contributed by atoms with Gasteiger partial charge in [0.25, 0.3) is 0 Å². The van der Waals surface area contributed by atoms with Crippen LogP contribution in [0, 0.1) is 5.92 Å². The first kappa shape index (κ1) is 14.0. The van der Waals surface area contributed by atoms with Crippen LogP contribution in [0.5, 0.6) is 0 Å². The van der Waals surface area contributed by atoms with Gasteiger partial charge in [-0.2, -0.15) is 0 Å². The minimum atomic E-state index is 0.220. The van der Waals surface area contributed by atoms with E-state index in [9.17, 15) is 4.79 Å². The van der Waals surface area contributed by atoms with Gasteiger partial charge in [0.05, 0.1) is 0 Å². The van der Waals surface area contributed by atoms with E-state index in [0.717, 1.165) is 38.8 Å². The number of aromatic nitrogens is 1. The van der Waals surface area contributed by atoms with Crippen LogP contribution in [-0.2, 0) is 4.79 Å². The SMILES string of the molecule is CCC(CC)C(=O)N1CCC(c2ccncc2)CC1. The molecule has 1 amide bonds. The number of hydrogen-bond donors (Lipinski definition) is 0. The number of likely N-dealkylation sites (tertiary alicyclic amines) is 1. The second-order valence-electron chi connectivity index (χ2n) is 5.39. The highest BCUT2D eigenvalue weighted by Gasteiger charge is 2.26. The Morgan fingerprint density at radius 2 is 1.84 bits per heavy atom. The first-order chi connectivity index (χ1) is 9.26. The summed E-state index contributed by atoms with van der Waals surface area (Å²) in [6, 6.07) is 4.20. The molecule has 2 rings (SSSR count). The van der Waals surface area contributed by atoms with Crippen molar-refractivity contribution in [1.82, 2.24) is 9.88 Å². The van der Waals surface area contributed by atoms with Crippen molar-refractivity contribution in [2.45, 2.75) is 45.4 Å². The molecule has 0 aromatic carbocycles. The number of rotatable bonds is 4. The van der Waals surface area contributed by atoms with E-state index in [1.807, 2.05) is 12.4 Å². The van der Waals surface area contributed by atoms with Crippen LogP contribution in [0.3, 0.4) is 0 Å². The van der Waals surface area contributed by atoms with Crippen LogP contribution < -0.4 is 0 Å². The standard InChI is InChI=1S/C16H24N2O/c1-3-13(4-2)16(19)18-11-7-15(8-12-18)14-5-9-17-10-6-14/h5-6,9-10,13,15H,3-4,7-8,11-12H2,1-2H3. The third kappa shape index (κ3) is 3.34. The number of amides is 1. The van der Waals surface area contributed by atoms with Gasteiger partial charge in [0, 0.05) is 31.4 Å². The van der Waals surface area contributed by atoms with E-state index in [1.54, 1.807) is 0 Å². The molecular weight excluding hydrogens is 236 g/mol. The Bertz CT molecular complexity index is 392. The van der Waals surface area contributed by atoms with Crippen LogP contribution in [0.15, 0.2) is 24.5 Å². The van der Waals surface area contributed by atoms with Crippen molar-refractivity contribution in [2.75, 3.05) is 13.1 Å². The normalized spacial score (nSPS) is 16.9. The Labute approximate surface area is 116 Å². The topological polar surface area (TPSA) is 33.2 Å². The number of carbonyl (C=O) groups excluding carboxylic acids is 1. The van der Waals surface area contributed by atoms with Gasteiger partial charge in [-0.1, -0.05) is 13.8 Å². The van der Waals surface area contributed by atoms with Gasteiger partial charge < -0.3 is 4.90 Å². The molecule has 19 heavy (non-hydrogen) atoms. The van der Waals surface area contributed by atoms with Crippen molar-refractivity contribution in [3.8, 4) is 0 Å². The summed E-state index contributed by atoms with van der Waals surface area (Å²) in [5.41, 5.74) is 1.37. The molecule has 2 heterocycles. The molecule has 0 saturated carbocycles. The molecule has 0 N–H and O–H groups in total. The smallest absolute Gasteiger partial charge is 0.225 e. The lowest BCUT2D eigenvalue weighted by molar-refractivity contribution is -0.136. The largest absolute Gasteiger partial charge is 0.342 e. The van der Waals surface area contributed by atoms with E-state index < -0.39 is 0 Å². The summed E-state index contributed by atoms with van der Waals surface area (Å²) < 4.78 is 0. The summed E-state index contributed by atoms with van der Waals surface area (Å²) in [6.45, 7) is 6.02. The lowest BCUT2D eigenvalue weighted by Gasteiger charge is -2.34.